The molecule has 0 bridgehead atoms. The van der Waals surface area contributed by atoms with Crippen LogP contribution in [0.5, 0.6) is 0 Å². The average molecular weight is 359 g/mol. The summed E-state index contributed by atoms with van der Waals surface area (Å²) in [5, 5.41) is 8.64. The molecule has 0 aliphatic heterocycles. The lowest BCUT2D eigenvalue weighted by atomic mass is 10.1. The third-order valence-corrected chi connectivity index (χ3v) is 4.40. The minimum atomic E-state index is 0.558. The zero-order valence-electron chi connectivity index (χ0n) is 15.4. The molecular formula is C21H21N5O. The summed E-state index contributed by atoms with van der Waals surface area (Å²) < 4.78 is 5.39. The molecule has 0 radical (unpaired) electrons. The largest absolute Gasteiger partial charge is 0.365 e. The van der Waals surface area contributed by atoms with Gasteiger partial charge < -0.3 is 9.84 Å². The van der Waals surface area contributed by atoms with Gasteiger partial charge in [0.05, 0.1) is 11.1 Å². The van der Waals surface area contributed by atoms with E-state index in [2.05, 4.69) is 52.5 Å². The van der Waals surface area contributed by atoms with Crippen molar-refractivity contribution in [1.29, 1.82) is 0 Å². The molecule has 0 fully saturated rings. The fraction of sp³-hybridized carbons (Fsp3) is 0.238. The molecular weight excluding hydrogens is 338 g/mol. The zero-order chi connectivity index (χ0) is 18.6. The van der Waals surface area contributed by atoms with Crippen LogP contribution in [0.4, 0.5) is 5.82 Å². The van der Waals surface area contributed by atoms with E-state index in [1.165, 1.54) is 0 Å². The first-order chi connectivity index (χ1) is 13.2. The molecule has 3 aromatic heterocycles. The first-order valence-electron chi connectivity index (χ1n) is 9.10. The molecule has 0 unspecified atom stereocenters. The molecule has 1 N–H and O–H groups in total. The van der Waals surface area contributed by atoms with Gasteiger partial charge in [-0.15, -0.1) is 0 Å². The maximum atomic E-state index is 5.39. The van der Waals surface area contributed by atoms with Crippen molar-refractivity contribution in [3.8, 4) is 11.4 Å². The standard InChI is InChI=1S/C21H21N5O/c1-3-6-18-24-21(26-27-18)17-11-16-9-4-7-14(2)19(16)25-20(17)23-13-15-8-5-10-22-12-15/h4-5,7-12H,3,6,13H2,1-2H3,(H,23,25). The minimum Gasteiger partial charge on any atom is -0.365 e. The van der Waals surface area contributed by atoms with Crippen LogP contribution in [0.3, 0.4) is 0 Å². The molecule has 0 spiro atoms. The molecule has 3 heterocycles. The Morgan fingerprint density at radius 1 is 1.11 bits per heavy atom. The highest BCUT2D eigenvalue weighted by molar-refractivity contribution is 5.89. The first-order valence-corrected chi connectivity index (χ1v) is 9.10. The highest BCUT2D eigenvalue weighted by Gasteiger charge is 2.16. The minimum absolute atomic E-state index is 0.558. The monoisotopic (exact) mass is 359 g/mol. The molecule has 6 nitrogen and oxygen atoms in total. The van der Waals surface area contributed by atoms with E-state index in [9.17, 15) is 0 Å². The van der Waals surface area contributed by atoms with Crippen LogP contribution >= 0.6 is 0 Å². The van der Waals surface area contributed by atoms with E-state index in [-0.39, 0.29) is 0 Å². The van der Waals surface area contributed by atoms with Crippen LogP contribution in [0.2, 0.25) is 0 Å². The van der Waals surface area contributed by atoms with Crippen molar-refractivity contribution in [2.45, 2.75) is 33.2 Å². The predicted octanol–water partition coefficient (Wildman–Crippen LogP) is 4.55. The Balaban J connectivity index is 1.76. The van der Waals surface area contributed by atoms with Crippen LogP contribution in [0.25, 0.3) is 22.3 Å². The molecule has 0 atom stereocenters. The summed E-state index contributed by atoms with van der Waals surface area (Å²) in [4.78, 5) is 13.6. The summed E-state index contributed by atoms with van der Waals surface area (Å²) in [7, 11) is 0. The molecule has 0 aliphatic carbocycles. The van der Waals surface area contributed by atoms with Gasteiger partial charge in [-0.2, -0.15) is 4.98 Å². The van der Waals surface area contributed by atoms with Crippen LogP contribution in [-0.4, -0.2) is 20.1 Å². The molecule has 136 valence electrons. The van der Waals surface area contributed by atoms with E-state index in [0.717, 1.165) is 46.3 Å². The Kier molecular flexibility index (Phi) is 4.78. The molecule has 27 heavy (non-hydrogen) atoms. The quantitative estimate of drug-likeness (QED) is 0.544. The van der Waals surface area contributed by atoms with Crippen LogP contribution < -0.4 is 5.32 Å². The van der Waals surface area contributed by atoms with Crippen molar-refractivity contribution in [3.05, 3.63) is 65.8 Å². The van der Waals surface area contributed by atoms with E-state index in [0.29, 0.717) is 18.3 Å². The Morgan fingerprint density at radius 2 is 2.04 bits per heavy atom. The first kappa shape index (κ1) is 17.1. The molecule has 0 amide bonds. The van der Waals surface area contributed by atoms with Crippen molar-refractivity contribution in [2.75, 3.05) is 5.32 Å². The zero-order valence-corrected chi connectivity index (χ0v) is 15.4. The summed E-state index contributed by atoms with van der Waals surface area (Å²) in [5.41, 5.74) is 4.01. The highest BCUT2D eigenvalue weighted by atomic mass is 16.5. The molecule has 4 aromatic rings. The molecule has 0 aliphatic rings. The van der Waals surface area contributed by atoms with Crippen LogP contribution in [0.1, 0.15) is 30.4 Å². The smallest absolute Gasteiger partial charge is 0.226 e. The van der Waals surface area contributed by atoms with Crippen LogP contribution in [0, 0.1) is 6.92 Å². The number of hydrogen-bond donors (Lipinski definition) is 1. The van der Waals surface area contributed by atoms with Gasteiger partial charge in [0.25, 0.3) is 0 Å². The lowest BCUT2D eigenvalue weighted by Crippen LogP contribution is -2.04. The average Bonchev–Trinajstić information content (AvgIpc) is 3.16. The number of nitrogens with one attached hydrogen (secondary N) is 1. The van der Waals surface area contributed by atoms with Crippen LogP contribution in [-0.2, 0) is 13.0 Å². The Morgan fingerprint density at radius 3 is 2.85 bits per heavy atom. The SMILES string of the molecule is CCCc1nc(-c2cc3cccc(C)c3nc2NCc2cccnc2)no1. The summed E-state index contributed by atoms with van der Waals surface area (Å²) in [6.07, 6.45) is 5.34. The Bertz CT molecular complexity index is 1060. The molecule has 1 aromatic carbocycles. The number of aromatic nitrogens is 4. The van der Waals surface area contributed by atoms with Gasteiger partial charge in [-0.25, -0.2) is 4.98 Å². The number of nitrogens with zero attached hydrogens (tertiary/aromatic N) is 4. The lowest BCUT2D eigenvalue weighted by molar-refractivity contribution is 0.378. The van der Waals surface area contributed by atoms with Crippen molar-refractivity contribution >= 4 is 16.7 Å². The summed E-state index contributed by atoms with van der Waals surface area (Å²) >= 11 is 0. The number of fused-ring (bicyclic) bond motifs is 1. The van der Waals surface area contributed by atoms with E-state index >= 15 is 0 Å². The van der Waals surface area contributed by atoms with E-state index in [1.54, 1.807) is 6.20 Å². The van der Waals surface area contributed by atoms with Crippen molar-refractivity contribution in [2.24, 2.45) is 0 Å². The molecule has 4 rings (SSSR count). The van der Waals surface area contributed by atoms with Crippen molar-refractivity contribution in [3.63, 3.8) is 0 Å². The maximum absolute atomic E-state index is 5.39. The van der Waals surface area contributed by atoms with Gasteiger partial charge in [-0.1, -0.05) is 36.3 Å². The van der Waals surface area contributed by atoms with Gasteiger partial charge >= 0.3 is 0 Å². The number of aryl methyl sites for hydroxylation is 2. The van der Waals surface area contributed by atoms with Crippen molar-refractivity contribution in [1.82, 2.24) is 20.1 Å². The lowest BCUT2D eigenvalue weighted by Gasteiger charge is -2.12. The second-order valence-corrected chi connectivity index (χ2v) is 6.51. The van der Waals surface area contributed by atoms with Gasteiger partial charge in [0, 0.05) is 30.7 Å². The summed E-state index contributed by atoms with van der Waals surface area (Å²) in [5.74, 6) is 1.95. The third kappa shape index (κ3) is 3.65. The van der Waals surface area contributed by atoms with Crippen LogP contribution in [0.15, 0.2) is 53.3 Å². The number of rotatable bonds is 6. The van der Waals surface area contributed by atoms with Gasteiger partial charge in [0.15, 0.2) is 0 Å². The number of benzene rings is 1. The van der Waals surface area contributed by atoms with E-state index in [1.807, 2.05) is 24.4 Å². The highest BCUT2D eigenvalue weighted by Crippen LogP contribution is 2.30. The van der Waals surface area contributed by atoms with E-state index < -0.39 is 0 Å². The fourth-order valence-electron chi connectivity index (χ4n) is 3.02. The van der Waals surface area contributed by atoms with Gasteiger partial charge in [-0.05, 0) is 36.6 Å². The second-order valence-electron chi connectivity index (χ2n) is 6.51. The topological polar surface area (TPSA) is 76.7 Å². The molecule has 0 saturated carbocycles. The molecule has 6 heteroatoms. The van der Waals surface area contributed by atoms with Gasteiger partial charge in [0.2, 0.25) is 11.7 Å². The summed E-state index contributed by atoms with van der Waals surface area (Å²) in [6, 6.07) is 12.2. The predicted molar refractivity (Wildman–Crippen MR) is 105 cm³/mol. The Labute approximate surface area is 157 Å². The maximum Gasteiger partial charge on any atom is 0.226 e. The fourth-order valence-corrected chi connectivity index (χ4v) is 3.02. The second kappa shape index (κ2) is 7.53. The summed E-state index contributed by atoms with van der Waals surface area (Å²) in [6.45, 7) is 4.77. The number of pyridine rings is 2. The number of para-hydroxylation sites is 1. The number of hydrogen-bond acceptors (Lipinski definition) is 6. The van der Waals surface area contributed by atoms with Gasteiger partial charge in [-0.3, -0.25) is 4.98 Å². The van der Waals surface area contributed by atoms with Gasteiger partial charge in [0.1, 0.15) is 5.82 Å². The number of anilines is 1. The molecule has 0 saturated heterocycles. The van der Waals surface area contributed by atoms with E-state index in [4.69, 9.17) is 9.51 Å². The third-order valence-electron chi connectivity index (χ3n) is 4.40. The normalized spacial score (nSPS) is 11.0. The van der Waals surface area contributed by atoms with Crippen molar-refractivity contribution < 1.29 is 4.52 Å². The Hall–Kier alpha value is -3.28.